The van der Waals surface area contributed by atoms with Crippen molar-refractivity contribution >= 4 is 23.2 Å². The largest absolute Gasteiger partial charge is 0.459 e. The zero-order chi connectivity index (χ0) is 16.1. The Bertz CT molecular complexity index is 661. The molecular formula is C15H19N3O3S. The minimum absolute atomic E-state index is 0.00978. The SMILES string of the molecule is Cc1ccc(-c2nc(CC(=O)NCCC(=O)N(C)C)cs2)o1. The highest BCUT2D eigenvalue weighted by Gasteiger charge is 2.11. The Kier molecular flexibility index (Phi) is 5.32. The van der Waals surface area contributed by atoms with Gasteiger partial charge < -0.3 is 14.6 Å². The lowest BCUT2D eigenvalue weighted by atomic mass is 10.3. The monoisotopic (exact) mass is 321 g/mol. The van der Waals surface area contributed by atoms with E-state index in [9.17, 15) is 9.59 Å². The van der Waals surface area contributed by atoms with Crippen LogP contribution in [0, 0.1) is 6.92 Å². The van der Waals surface area contributed by atoms with Crippen LogP contribution < -0.4 is 5.32 Å². The Labute approximate surface area is 133 Å². The van der Waals surface area contributed by atoms with Crippen LogP contribution in [0.15, 0.2) is 21.9 Å². The molecule has 1 N–H and O–H groups in total. The maximum absolute atomic E-state index is 11.8. The molecule has 2 heterocycles. The molecule has 0 saturated carbocycles. The van der Waals surface area contributed by atoms with Gasteiger partial charge in [-0.25, -0.2) is 4.98 Å². The first-order chi connectivity index (χ1) is 10.5. The van der Waals surface area contributed by atoms with Crippen LogP contribution in [0.1, 0.15) is 17.9 Å². The molecule has 0 aliphatic rings. The number of thiazole rings is 1. The molecule has 0 spiro atoms. The van der Waals surface area contributed by atoms with E-state index in [1.165, 1.54) is 16.2 Å². The van der Waals surface area contributed by atoms with Crippen LogP contribution in [0.2, 0.25) is 0 Å². The van der Waals surface area contributed by atoms with Gasteiger partial charge in [-0.2, -0.15) is 0 Å². The third-order valence-electron chi connectivity index (χ3n) is 3.00. The van der Waals surface area contributed by atoms with E-state index in [2.05, 4.69) is 10.3 Å². The van der Waals surface area contributed by atoms with Crippen LogP contribution in [0.3, 0.4) is 0 Å². The summed E-state index contributed by atoms with van der Waals surface area (Å²) in [6, 6.07) is 3.75. The number of aryl methyl sites for hydroxylation is 1. The van der Waals surface area contributed by atoms with Gasteiger partial charge in [-0.3, -0.25) is 9.59 Å². The Morgan fingerprint density at radius 3 is 2.77 bits per heavy atom. The van der Waals surface area contributed by atoms with Crippen LogP contribution in [0.4, 0.5) is 0 Å². The topological polar surface area (TPSA) is 75.4 Å². The number of carbonyl (C=O) groups excluding carboxylic acids is 2. The van der Waals surface area contributed by atoms with E-state index < -0.39 is 0 Å². The maximum atomic E-state index is 11.8. The van der Waals surface area contributed by atoms with E-state index in [1.54, 1.807) is 14.1 Å². The molecule has 0 atom stereocenters. The summed E-state index contributed by atoms with van der Waals surface area (Å²) in [5.74, 6) is 1.39. The summed E-state index contributed by atoms with van der Waals surface area (Å²) < 4.78 is 5.51. The second kappa shape index (κ2) is 7.22. The highest BCUT2D eigenvalue weighted by atomic mass is 32.1. The molecule has 7 heteroatoms. The van der Waals surface area contributed by atoms with Crippen molar-refractivity contribution in [3.8, 4) is 10.8 Å². The lowest BCUT2D eigenvalue weighted by Gasteiger charge is -2.10. The van der Waals surface area contributed by atoms with E-state index in [0.29, 0.717) is 24.4 Å². The normalized spacial score (nSPS) is 10.5. The standard InChI is InChI=1S/C15H19N3O3S/c1-10-4-5-12(21-10)15-17-11(9-22-15)8-13(19)16-7-6-14(20)18(2)3/h4-5,9H,6-8H2,1-3H3,(H,16,19). The van der Waals surface area contributed by atoms with Crippen molar-refractivity contribution in [2.24, 2.45) is 0 Å². The molecule has 0 aliphatic heterocycles. The summed E-state index contributed by atoms with van der Waals surface area (Å²) in [6.07, 6.45) is 0.499. The second-order valence-corrected chi connectivity index (χ2v) is 5.98. The van der Waals surface area contributed by atoms with Gasteiger partial charge in [0, 0.05) is 32.4 Å². The second-order valence-electron chi connectivity index (χ2n) is 5.12. The molecule has 6 nitrogen and oxygen atoms in total. The molecule has 118 valence electrons. The van der Waals surface area contributed by atoms with Crippen LogP contribution in [0.5, 0.6) is 0 Å². The molecule has 2 aromatic rings. The first kappa shape index (κ1) is 16.2. The summed E-state index contributed by atoms with van der Waals surface area (Å²) in [6.45, 7) is 2.21. The average molecular weight is 321 g/mol. The van der Waals surface area contributed by atoms with Gasteiger partial charge in [0.25, 0.3) is 0 Å². The van der Waals surface area contributed by atoms with Gasteiger partial charge in [0.1, 0.15) is 5.76 Å². The van der Waals surface area contributed by atoms with Gasteiger partial charge in [0.05, 0.1) is 12.1 Å². The van der Waals surface area contributed by atoms with Crippen molar-refractivity contribution in [3.05, 3.63) is 29.0 Å². The van der Waals surface area contributed by atoms with Gasteiger partial charge in [-0.05, 0) is 19.1 Å². The zero-order valence-corrected chi connectivity index (χ0v) is 13.7. The van der Waals surface area contributed by atoms with Gasteiger partial charge in [0.15, 0.2) is 10.8 Å². The molecule has 0 bridgehead atoms. The minimum Gasteiger partial charge on any atom is -0.459 e. The van der Waals surface area contributed by atoms with Crippen molar-refractivity contribution in [1.29, 1.82) is 0 Å². The smallest absolute Gasteiger partial charge is 0.226 e. The third kappa shape index (κ3) is 4.42. The summed E-state index contributed by atoms with van der Waals surface area (Å²) >= 11 is 1.44. The molecule has 0 aromatic carbocycles. The number of nitrogens with one attached hydrogen (secondary N) is 1. The Balaban J connectivity index is 1.82. The van der Waals surface area contributed by atoms with Gasteiger partial charge in [0.2, 0.25) is 11.8 Å². The summed E-state index contributed by atoms with van der Waals surface area (Å²) in [5, 5.41) is 5.33. The van der Waals surface area contributed by atoms with Crippen molar-refractivity contribution in [1.82, 2.24) is 15.2 Å². The molecule has 0 radical (unpaired) electrons. The predicted molar refractivity (Wildman–Crippen MR) is 84.6 cm³/mol. The molecule has 0 unspecified atom stereocenters. The van der Waals surface area contributed by atoms with Crippen LogP contribution in [0.25, 0.3) is 10.8 Å². The molecule has 0 aliphatic carbocycles. The molecule has 0 fully saturated rings. The molecule has 2 aromatic heterocycles. The number of carbonyl (C=O) groups is 2. The number of rotatable bonds is 6. The lowest BCUT2D eigenvalue weighted by Crippen LogP contribution is -2.31. The number of hydrogen-bond donors (Lipinski definition) is 1. The van der Waals surface area contributed by atoms with Gasteiger partial charge >= 0.3 is 0 Å². The van der Waals surface area contributed by atoms with E-state index in [-0.39, 0.29) is 18.2 Å². The highest BCUT2D eigenvalue weighted by Crippen LogP contribution is 2.25. The van der Waals surface area contributed by atoms with E-state index in [1.807, 2.05) is 24.4 Å². The Morgan fingerprint density at radius 1 is 1.36 bits per heavy atom. The minimum atomic E-state index is -0.140. The lowest BCUT2D eigenvalue weighted by molar-refractivity contribution is -0.128. The van der Waals surface area contributed by atoms with Crippen molar-refractivity contribution in [2.45, 2.75) is 19.8 Å². The summed E-state index contributed by atoms with van der Waals surface area (Å²) in [5.41, 5.74) is 0.700. The molecular weight excluding hydrogens is 302 g/mol. The van der Waals surface area contributed by atoms with E-state index in [4.69, 9.17) is 4.42 Å². The Hall–Kier alpha value is -2.15. The molecule has 2 amide bonds. The zero-order valence-electron chi connectivity index (χ0n) is 12.9. The van der Waals surface area contributed by atoms with Crippen molar-refractivity contribution in [2.75, 3.05) is 20.6 Å². The Morgan fingerprint density at radius 2 is 2.14 bits per heavy atom. The third-order valence-corrected chi connectivity index (χ3v) is 3.91. The quantitative estimate of drug-likeness (QED) is 0.881. The fourth-order valence-electron chi connectivity index (χ4n) is 1.81. The van der Waals surface area contributed by atoms with Crippen molar-refractivity contribution < 1.29 is 14.0 Å². The van der Waals surface area contributed by atoms with Crippen LogP contribution >= 0.6 is 11.3 Å². The van der Waals surface area contributed by atoms with Crippen molar-refractivity contribution in [3.63, 3.8) is 0 Å². The number of hydrogen-bond acceptors (Lipinski definition) is 5. The van der Waals surface area contributed by atoms with Crippen LogP contribution in [-0.2, 0) is 16.0 Å². The fourth-order valence-corrected chi connectivity index (χ4v) is 2.59. The number of amides is 2. The highest BCUT2D eigenvalue weighted by molar-refractivity contribution is 7.13. The fraction of sp³-hybridized carbons (Fsp3) is 0.400. The average Bonchev–Trinajstić information content (AvgIpc) is 3.07. The van der Waals surface area contributed by atoms with Crippen LogP contribution in [-0.4, -0.2) is 42.3 Å². The molecule has 0 saturated heterocycles. The summed E-state index contributed by atoms with van der Waals surface area (Å²) in [7, 11) is 3.38. The number of furan rings is 1. The molecule has 22 heavy (non-hydrogen) atoms. The first-order valence-corrected chi connectivity index (χ1v) is 7.81. The maximum Gasteiger partial charge on any atom is 0.226 e. The predicted octanol–water partition coefficient (Wildman–Crippen LogP) is 1.85. The summed E-state index contributed by atoms with van der Waals surface area (Å²) in [4.78, 5) is 29.1. The van der Waals surface area contributed by atoms with Gasteiger partial charge in [-0.15, -0.1) is 11.3 Å². The number of aromatic nitrogens is 1. The molecule has 2 rings (SSSR count). The van der Waals surface area contributed by atoms with E-state index in [0.717, 1.165) is 10.8 Å². The van der Waals surface area contributed by atoms with E-state index >= 15 is 0 Å². The van der Waals surface area contributed by atoms with Gasteiger partial charge in [-0.1, -0.05) is 0 Å². The first-order valence-electron chi connectivity index (χ1n) is 6.94. The number of nitrogens with zero attached hydrogens (tertiary/aromatic N) is 2.